The average molecular weight is 443 g/mol. The molecule has 166 valence electrons. The highest BCUT2D eigenvalue weighted by Crippen LogP contribution is 2.25. The van der Waals surface area contributed by atoms with Crippen LogP contribution in [0.2, 0.25) is 0 Å². The summed E-state index contributed by atoms with van der Waals surface area (Å²) in [7, 11) is -3.59. The van der Waals surface area contributed by atoms with Gasteiger partial charge in [-0.1, -0.05) is 99.7 Å². The lowest BCUT2D eigenvalue weighted by molar-refractivity contribution is -0.151. The molecule has 2 nitrogen and oxygen atoms in total. The van der Waals surface area contributed by atoms with Crippen molar-refractivity contribution in [3.63, 3.8) is 0 Å². The van der Waals surface area contributed by atoms with Crippen LogP contribution in [-0.4, -0.2) is 34.1 Å². The van der Waals surface area contributed by atoms with Crippen LogP contribution >= 0.6 is 0 Å². The highest BCUT2D eigenvalue weighted by atomic mass is 28.4. The summed E-state index contributed by atoms with van der Waals surface area (Å²) in [6, 6.07) is 17.7. The fraction of sp³-hybridized carbons (Fsp3) is 0.478. The van der Waals surface area contributed by atoms with Gasteiger partial charge in [-0.3, -0.25) is 0 Å². The topological polar surface area (TPSA) is 18.5 Å². The average Bonchev–Trinajstić information content (AvgIpc) is 2.76. The van der Waals surface area contributed by atoms with E-state index in [2.05, 4.69) is 6.92 Å². The molecule has 30 heavy (non-hydrogen) atoms. The first-order chi connectivity index (χ1) is 14.4. The Kier molecular flexibility index (Phi) is 10.0. The van der Waals surface area contributed by atoms with Gasteiger partial charge in [0.25, 0.3) is 0 Å². The molecule has 2 aromatic carbocycles. The molecule has 0 heterocycles. The molecule has 0 aliphatic heterocycles. The summed E-state index contributed by atoms with van der Waals surface area (Å²) < 4.78 is 65.0. The van der Waals surface area contributed by atoms with Crippen LogP contribution in [0.1, 0.15) is 45.4 Å². The SMILES string of the molecule is CCCCCCCCO[Si](OCC(F)(F)C(F)F)(c1ccccc1)c1ccccc1. The highest BCUT2D eigenvalue weighted by molar-refractivity contribution is 6.92. The molecule has 0 amide bonds. The van der Waals surface area contributed by atoms with Gasteiger partial charge in [-0.2, -0.15) is 8.78 Å². The van der Waals surface area contributed by atoms with E-state index in [1.807, 2.05) is 0 Å². The van der Waals surface area contributed by atoms with E-state index in [4.69, 9.17) is 8.85 Å². The Morgan fingerprint density at radius 3 is 1.77 bits per heavy atom. The van der Waals surface area contributed by atoms with Gasteiger partial charge in [0.1, 0.15) is 6.61 Å². The second-order valence-corrected chi connectivity index (χ2v) is 10.3. The minimum Gasteiger partial charge on any atom is -0.388 e. The number of hydrogen-bond donors (Lipinski definition) is 0. The normalized spacial score (nSPS) is 12.5. The molecule has 0 saturated heterocycles. The Hall–Kier alpha value is -1.70. The fourth-order valence-electron chi connectivity index (χ4n) is 3.22. The molecule has 0 aromatic heterocycles. The van der Waals surface area contributed by atoms with E-state index in [9.17, 15) is 17.6 Å². The van der Waals surface area contributed by atoms with Gasteiger partial charge in [0.2, 0.25) is 0 Å². The van der Waals surface area contributed by atoms with E-state index in [1.165, 1.54) is 6.42 Å². The third kappa shape index (κ3) is 6.92. The largest absolute Gasteiger partial charge is 0.407 e. The van der Waals surface area contributed by atoms with Gasteiger partial charge in [-0.15, -0.1) is 0 Å². The number of benzene rings is 2. The molecular weight excluding hydrogens is 412 g/mol. The lowest BCUT2D eigenvalue weighted by Crippen LogP contribution is -2.64. The predicted molar refractivity (Wildman–Crippen MR) is 114 cm³/mol. The molecule has 0 bridgehead atoms. The predicted octanol–water partition coefficient (Wildman–Crippen LogP) is 5.54. The number of rotatable bonds is 14. The maximum Gasteiger partial charge on any atom is 0.407 e. The zero-order chi connectivity index (χ0) is 21.9. The Balaban J connectivity index is 2.26. The van der Waals surface area contributed by atoms with Crippen molar-refractivity contribution < 1.29 is 26.4 Å². The lowest BCUT2D eigenvalue weighted by Gasteiger charge is -2.33. The second kappa shape index (κ2) is 12.2. The highest BCUT2D eigenvalue weighted by Gasteiger charge is 2.48. The van der Waals surface area contributed by atoms with Crippen molar-refractivity contribution in [3.8, 4) is 0 Å². The molecule has 2 rings (SSSR count). The summed E-state index contributed by atoms with van der Waals surface area (Å²) in [6.45, 7) is 1.08. The quantitative estimate of drug-likeness (QED) is 0.217. The van der Waals surface area contributed by atoms with Crippen LogP contribution in [0.15, 0.2) is 60.7 Å². The maximum atomic E-state index is 13.8. The monoisotopic (exact) mass is 442 g/mol. The van der Waals surface area contributed by atoms with Crippen LogP contribution in [0.3, 0.4) is 0 Å². The maximum absolute atomic E-state index is 13.8. The Morgan fingerprint density at radius 1 is 0.767 bits per heavy atom. The van der Waals surface area contributed by atoms with E-state index < -0.39 is 27.5 Å². The third-order valence-electron chi connectivity index (χ3n) is 4.90. The smallest absolute Gasteiger partial charge is 0.388 e. The number of alkyl halides is 4. The fourth-order valence-corrected chi connectivity index (χ4v) is 6.39. The first-order valence-electron chi connectivity index (χ1n) is 10.5. The van der Waals surface area contributed by atoms with Crippen molar-refractivity contribution in [2.24, 2.45) is 0 Å². The van der Waals surface area contributed by atoms with Gasteiger partial charge in [0, 0.05) is 6.61 Å². The first-order valence-corrected chi connectivity index (χ1v) is 12.3. The van der Waals surface area contributed by atoms with Crippen molar-refractivity contribution in [2.45, 2.75) is 57.8 Å². The first kappa shape index (κ1) is 24.6. The standard InChI is InChI=1S/C23H30F4O2Si/c1-2-3-4-5-6-13-18-28-30(20-14-9-7-10-15-20,21-16-11-8-12-17-21)29-19-23(26,27)22(24)25/h7-12,14-17,22H,2-6,13,18-19H2,1H3. The van der Waals surface area contributed by atoms with Crippen molar-refractivity contribution in [1.29, 1.82) is 0 Å². The molecule has 0 N–H and O–H groups in total. The molecule has 0 fully saturated rings. The Morgan fingerprint density at radius 2 is 1.27 bits per heavy atom. The van der Waals surface area contributed by atoms with Crippen LogP contribution in [-0.2, 0) is 8.85 Å². The number of halogens is 4. The van der Waals surface area contributed by atoms with E-state index in [0.29, 0.717) is 17.0 Å². The molecule has 0 atom stereocenters. The van der Waals surface area contributed by atoms with Crippen LogP contribution in [0.25, 0.3) is 0 Å². The van der Waals surface area contributed by atoms with Crippen LogP contribution in [0.5, 0.6) is 0 Å². The lowest BCUT2D eigenvalue weighted by atomic mass is 10.1. The number of hydrogen-bond acceptors (Lipinski definition) is 2. The van der Waals surface area contributed by atoms with Gasteiger partial charge >= 0.3 is 20.9 Å². The minimum atomic E-state index is -4.24. The summed E-state index contributed by atoms with van der Waals surface area (Å²) in [5.74, 6) is -4.24. The summed E-state index contributed by atoms with van der Waals surface area (Å²) in [5, 5.41) is 1.24. The molecular formula is C23H30F4O2Si. The van der Waals surface area contributed by atoms with Crippen molar-refractivity contribution in [3.05, 3.63) is 60.7 Å². The molecule has 2 aromatic rings. The molecule has 0 unspecified atom stereocenters. The van der Waals surface area contributed by atoms with Gasteiger partial charge in [0.15, 0.2) is 0 Å². The summed E-state index contributed by atoms with van der Waals surface area (Å²) in [6.07, 6.45) is 2.48. The Labute approximate surface area is 177 Å². The molecule has 0 saturated carbocycles. The zero-order valence-electron chi connectivity index (χ0n) is 17.3. The summed E-state index contributed by atoms with van der Waals surface area (Å²) >= 11 is 0. The number of unbranched alkanes of at least 4 members (excludes halogenated alkanes) is 5. The van der Waals surface area contributed by atoms with Crippen LogP contribution in [0, 0.1) is 0 Å². The molecule has 0 radical (unpaired) electrons. The second-order valence-electron chi connectivity index (χ2n) is 7.32. The minimum absolute atomic E-state index is 0.322. The summed E-state index contributed by atoms with van der Waals surface area (Å²) in [4.78, 5) is 0. The third-order valence-corrected chi connectivity index (χ3v) is 8.25. The van der Waals surface area contributed by atoms with Crippen LogP contribution in [0.4, 0.5) is 17.6 Å². The summed E-state index contributed by atoms with van der Waals surface area (Å²) in [5.41, 5.74) is 0. The molecule has 7 heteroatoms. The zero-order valence-corrected chi connectivity index (χ0v) is 18.3. The van der Waals surface area contributed by atoms with E-state index >= 15 is 0 Å². The van der Waals surface area contributed by atoms with E-state index in [1.54, 1.807) is 60.7 Å². The van der Waals surface area contributed by atoms with Gasteiger partial charge in [-0.05, 0) is 16.8 Å². The van der Waals surface area contributed by atoms with Gasteiger partial charge < -0.3 is 8.85 Å². The molecule has 0 spiro atoms. The van der Waals surface area contributed by atoms with E-state index in [-0.39, 0.29) is 0 Å². The Bertz CT molecular complexity index is 674. The molecule has 0 aliphatic carbocycles. The van der Waals surface area contributed by atoms with Crippen molar-refractivity contribution in [2.75, 3.05) is 13.2 Å². The van der Waals surface area contributed by atoms with Gasteiger partial charge in [0.05, 0.1) is 0 Å². The molecule has 0 aliphatic rings. The van der Waals surface area contributed by atoms with Crippen LogP contribution < -0.4 is 10.4 Å². The van der Waals surface area contributed by atoms with Crippen molar-refractivity contribution >= 4 is 18.9 Å². The van der Waals surface area contributed by atoms with E-state index in [0.717, 1.165) is 32.1 Å². The van der Waals surface area contributed by atoms with Gasteiger partial charge in [-0.25, -0.2) is 8.78 Å². The van der Waals surface area contributed by atoms with Crippen molar-refractivity contribution in [1.82, 2.24) is 0 Å².